The number of H-pyrrole nitrogens is 1. The number of rotatable bonds is 2. The molecule has 4 nitrogen and oxygen atoms in total. The van der Waals surface area contributed by atoms with Crippen LogP contribution in [-0.2, 0) is 0 Å². The van der Waals surface area contributed by atoms with Gasteiger partial charge in [0.25, 0.3) is 5.91 Å². The normalized spacial score (nSPS) is 18.5. The molecule has 1 fully saturated rings. The summed E-state index contributed by atoms with van der Waals surface area (Å²) >= 11 is 0. The number of nitrogens with zero attached hydrogens (tertiary/aromatic N) is 1. The van der Waals surface area contributed by atoms with Crippen LogP contribution in [0.5, 0.6) is 0 Å². The van der Waals surface area contributed by atoms with Gasteiger partial charge in [-0.05, 0) is 25.8 Å². The molecule has 1 aliphatic rings. The van der Waals surface area contributed by atoms with Crippen molar-refractivity contribution in [2.24, 2.45) is 0 Å². The molecule has 1 aliphatic heterocycles. The minimum atomic E-state index is -1.02. The Balaban J connectivity index is 1.74. The van der Waals surface area contributed by atoms with Crippen LogP contribution in [0.2, 0.25) is 25.2 Å². The quantitative estimate of drug-likeness (QED) is 0.831. The van der Waals surface area contributed by atoms with Crippen molar-refractivity contribution in [1.82, 2.24) is 15.3 Å². The van der Waals surface area contributed by atoms with E-state index in [1.54, 1.807) is 19.2 Å². The van der Waals surface area contributed by atoms with E-state index in [4.69, 9.17) is 0 Å². The average molecular weight is 319 g/mol. The Morgan fingerprint density at radius 3 is 2.77 bits per heavy atom. The molecule has 1 amide bonds. The highest BCUT2D eigenvalue weighted by Gasteiger charge is 2.29. The predicted molar refractivity (Wildman–Crippen MR) is 88.4 cm³/mol. The van der Waals surface area contributed by atoms with Gasteiger partial charge in [-0.15, -0.1) is 0 Å². The smallest absolute Gasteiger partial charge is 0.267 e. The molecule has 0 saturated carbocycles. The molecule has 2 N–H and O–H groups in total. The summed E-state index contributed by atoms with van der Waals surface area (Å²) in [6.07, 6.45) is 3.68. The third-order valence-electron chi connectivity index (χ3n) is 4.71. The van der Waals surface area contributed by atoms with E-state index in [2.05, 4.69) is 28.4 Å². The van der Waals surface area contributed by atoms with Gasteiger partial charge >= 0.3 is 0 Å². The van der Waals surface area contributed by atoms with Gasteiger partial charge in [-0.2, -0.15) is 0 Å². The number of fused-ring (bicyclic) bond motifs is 1. The molecule has 3 heterocycles. The molecule has 2 aromatic heterocycles. The lowest BCUT2D eigenvalue weighted by atomic mass is 10.1. The molecule has 6 heteroatoms. The molecule has 118 valence electrons. The van der Waals surface area contributed by atoms with Crippen LogP contribution >= 0.6 is 0 Å². The Morgan fingerprint density at radius 2 is 2.09 bits per heavy atom. The molecule has 22 heavy (non-hydrogen) atoms. The molecule has 0 aliphatic carbocycles. The van der Waals surface area contributed by atoms with Crippen molar-refractivity contribution in [2.45, 2.75) is 51.0 Å². The first-order valence-electron chi connectivity index (χ1n) is 7.80. The maximum atomic E-state index is 14.0. The summed E-state index contributed by atoms with van der Waals surface area (Å²) in [4.78, 5) is 19.3. The number of hydrogen-bond donors (Lipinski definition) is 2. The van der Waals surface area contributed by atoms with Crippen LogP contribution in [0.4, 0.5) is 4.39 Å². The number of aromatic amines is 1. The van der Waals surface area contributed by atoms with Gasteiger partial charge < -0.3 is 10.3 Å². The van der Waals surface area contributed by atoms with Gasteiger partial charge in [0.15, 0.2) is 5.82 Å². The van der Waals surface area contributed by atoms with E-state index in [1.165, 1.54) is 12.1 Å². The second kappa shape index (κ2) is 5.50. The molecule has 1 saturated heterocycles. The van der Waals surface area contributed by atoms with Crippen molar-refractivity contribution in [3.05, 3.63) is 29.5 Å². The van der Waals surface area contributed by atoms with Gasteiger partial charge in [0.2, 0.25) is 0 Å². The summed E-state index contributed by atoms with van der Waals surface area (Å²) in [6, 6.07) is 4.32. The van der Waals surface area contributed by atoms with Crippen LogP contribution in [0.1, 0.15) is 29.0 Å². The van der Waals surface area contributed by atoms with Crippen LogP contribution in [0.25, 0.3) is 10.9 Å². The SMILES string of the molecule is Cc1ncc2[nH]c(C(=O)NC3CC[Si](C)(C)CC3)cc2c1F. The third-order valence-corrected chi connectivity index (χ3v) is 7.99. The lowest BCUT2D eigenvalue weighted by Gasteiger charge is -2.33. The summed E-state index contributed by atoms with van der Waals surface area (Å²) < 4.78 is 14.0. The van der Waals surface area contributed by atoms with E-state index in [0.29, 0.717) is 22.3 Å². The monoisotopic (exact) mass is 319 g/mol. The fraction of sp³-hybridized carbons (Fsp3) is 0.500. The van der Waals surface area contributed by atoms with Gasteiger partial charge in [-0.1, -0.05) is 25.2 Å². The van der Waals surface area contributed by atoms with E-state index >= 15 is 0 Å². The second-order valence-electron chi connectivity index (χ2n) is 7.08. The largest absolute Gasteiger partial charge is 0.349 e. The molecule has 0 radical (unpaired) electrons. The number of hydrogen-bond acceptors (Lipinski definition) is 2. The number of aryl methyl sites for hydroxylation is 1. The Morgan fingerprint density at radius 1 is 1.41 bits per heavy atom. The van der Waals surface area contributed by atoms with Crippen molar-refractivity contribution in [3.63, 3.8) is 0 Å². The van der Waals surface area contributed by atoms with E-state index in [9.17, 15) is 9.18 Å². The van der Waals surface area contributed by atoms with Crippen LogP contribution in [-0.4, -0.2) is 30.0 Å². The molecular formula is C16H22FN3OSi. The van der Waals surface area contributed by atoms with Crippen LogP contribution < -0.4 is 5.32 Å². The Kier molecular flexibility index (Phi) is 3.80. The molecule has 0 bridgehead atoms. The van der Waals surface area contributed by atoms with Crippen molar-refractivity contribution in [3.8, 4) is 0 Å². The lowest BCUT2D eigenvalue weighted by Crippen LogP contribution is -2.42. The van der Waals surface area contributed by atoms with Crippen LogP contribution in [0, 0.1) is 12.7 Å². The van der Waals surface area contributed by atoms with Crippen molar-refractivity contribution in [1.29, 1.82) is 0 Å². The van der Waals surface area contributed by atoms with E-state index in [0.717, 1.165) is 12.8 Å². The highest BCUT2D eigenvalue weighted by atomic mass is 28.3. The maximum absolute atomic E-state index is 14.0. The number of halogens is 1. The highest BCUT2D eigenvalue weighted by Crippen LogP contribution is 2.28. The van der Waals surface area contributed by atoms with Gasteiger partial charge in [-0.25, -0.2) is 4.39 Å². The number of pyridine rings is 1. The lowest BCUT2D eigenvalue weighted by molar-refractivity contribution is 0.0929. The first kappa shape index (κ1) is 15.2. The van der Waals surface area contributed by atoms with Crippen molar-refractivity contribution < 1.29 is 9.18 Å². The second-order valence-corrected chi connectivity index (χ2v) is 12.4. The zero-order valence-corrected chi connectivity index (χ0v) is 14.3. The Hall–Kier alpha value is -1.69. The first-order valence-corrected chi connectivity index (χ1v) is 11.2. The van der Waals surface area contributed by atoms with E-state index in [1.807, 2.05) is 0 Å². The minimum absolute atomic E-state index is 0.153. The minimum Gasteiger partial charge on any atom is -0.349 e. The average Bonchev–Trinajstić information content (AvgIpc) is 2.90. The number of carbonyl (C=O) groups is 1. The first-order chi connectivity index (χ1) is 10.4. The molecule has 0 aromatic carbocycles. The Bertz CT molecular complexity index is 715. The van der Waals surface area contributed by atoms with Gasteiger partial charge in [0, 0.05) is 19.5 Å². The van der Waals surface area contributed by atoms with Crippen molar-refractivity contribution >= 4 is 24.9 Å². The predicted octanol–water partition coefficient (Wildman–Crippen LogP) is 3.61. The maximum Gasteiger partial charge on any atom is 0.267 e. The van der Waals surface area contributed by atoms with Gasteiger partial charge in [-0.3, -0.25) is 9.78 Å². The van der Waals surface area contributed by atoms with Crippen molar-refractivity contribution in [2.75, 3.05) is 0 Å². The molecule has 0 atom stereocenters. The zero-order valence-electron chi connectivity index (χ0n) is 13.3. The zero-order chi connectivity index (χ0) is 15.9. The fourth-order valence-corrected chi connectivity index (χ4v) is 5.61. The Labute approximate surface area is 130 Å². The molecule has 0 unspecified atom stereocenters. The topological polar surface area (TPSA) is 57.8 Å². The number of carbonyl (C=O) groups excluding carboxylic acids is 1. The summed E-state index contributed by atoms with van der Waals surface area (Å²) in [6.45, 7) is 6.43. The summed E-state index contributed by atoms with van der Waals surface area (Å²) in [5, 5.41) is 3.50. The molecule has 0 spiro atoms. The number of amides is 1. The van der Waals surface area contributed by atoms with Gasteiger partial charge in [0.05, 0.1) is 17.4 Å². The van der Waals surface area contributed by atoms with E-state index in [-0.39, 0.29) is 17.8 Å². The van der Waals surface area contributed by atoms with Crippen LogP contribution in [0.15, 0.2) is 12.3 Å². The molecule has 2 aromatic rings. The third kappa shape index (κ3) is 2.92. The number of aromatic nitrogens is 2. The summed E-state index contributed by atoms with van der Waals surface area (Å²) in [7, 11) is -1.02. The summed E-state index contributed by atoms with van der Waals surface area (Å²) in [5.41, 5.74) is 1.31. The summed E-state index contributed by atoms with van der Waals surface area (Å²) in [5.74, 6) is -0.516. The highest BCUT2D eigenvalue weighted by molar-refractivity contribution is 6.77. The van der Waals surface area contributed by atoms with E-state index < -0.39 is 8.07 Å². The number of nitrogens with one attached hydrogen (secondary N) is 2. The fourth-order valence-electron chi connectivity index (χ4n) is 3.10. The van der Waals surface area contributed by atoms with Crippen LogP contribution in [0.3, 0.4) is 0 Å². The molecular weight excluding hydrogens is 297 g/mol. The molecule has 3 rings (SSSR count). The standard InChI is InChI=1S/C16H22FN3OSi/c1-10-15(17)12-8-13(20-14(12)9-18-10)16(21)19-11-4-6-22(2,3)7-5-11/h8-9,11,20H,4-7H2,1-3H3,(H,19,21). The van der Waals surface area contributed by atoms with Gasteiger partial charge in [0.1, 0.15) is 5.69 Å².